The zero-order valence-electron chi connectivity index (χ0n) is 13.3. The number of nitrogens with one attached hydrogen (secondary N) is 2. The largest absolute Gasteiger partial charge is 0.399 e. The van der Waals surface area contributed by atoms with Crippen LogP contribution in [0.5, 0.6) is 0 Å². The summed E-state index contributed by atoms with van der Waals surface area (Å²) in [5.74, 6) is -0.346. The number of nitrogens with two attached hydrogens (primary N) is 2. The van der Waals surface area contributed by atoms with E-state index < -0.39 is 6.04 Å². The maximum absolute atomic E-state index is 12.1. The van der Waals surface area contributed by atoms with E-state index in [-0.39, 0.29) is 11.8 Å². The molecule has 0 aliphatic carbocycles. The fraction of sp³-hybridized carbons (Fsp3) is 0.500. The average Bonchev–Trinajstić information content (AvgIpc) is 2.51. The molecule has 1 aromatic carbocycles. The summed E-state index contributed by atoms with van der Waals surface area (Å²) in [5, 5.41) is 5.50. The number of nitrogen functional groups attached to an aromatic ring is 1. The number of benzene rings is 1. The second-order valence-electron chi connectivity index (χ2n) is 5.21. The standard InChI is InChI=1S/C16H26N4O2/c1-3-5-14(18)16(22)20-9-8-19-15(21)13-7-6-12(17)10-11(13)4-2/h6-7,10,14H,3-5,8-9,17-18H2,1-2H3,(H,19,21)(H,20,22)/t14-/m0/s1. The van der Waals surface area contributed by atoms with Crippen molar-refractivity contribution in [3.8, 4) is 0 Å². The van der Waals surface area contributed by atoms with Crippen LogP contribution in [-0.4, -0.2) is 30.9 Å². The minimum atomic E-state index is -0.482. The lowest BCUT2D eigenvalue weighted by Crippen LogP contribution is -2.43. The van der Waals surface area contributed by atoms with Gasteiger partial charge in [0.15, 0.2) is 0 Å². The van der Waals surface area contributed by atoms with E-state index in [1.54, 1.807) is 18.2 Å². The summed E-state index contributed by atoms with van der Waals surface area (Å²) in [5.41, 5.74) is 13.6. The number of carbonyl (C=O) groups excluding carboxylic acids is 2. The first-order valence-corrected chi connectivity index (χ1v) is 7.69. The van der Waals surface area contributed by atoms with Crippen molar-refractivity contribution in [1.29, 1.82) is 0 Å². The molecule has 0 saturated carbocycles. The third kappa shape index (κ3) is 5.37. The van der Waals surface area contributed by atoms with E-state index in [1.165, 1.54) is 0 Å². The Bertz CT molecular complexity index is 517. The lowest BCUT2D eigenvalue weighted by Gasteiger charge is -2.12. The van der Waals surface area contributed by atoms with Crippen molar-refractivity contribution in [1.82, 2.24) is 10.6 Å². The first-order chi connectivity index (χ1) is 10.5. The lowest BCUT2D eigenvalue weighted by molar-refractivity contribution is -0.122. The summed E-state index contributed by atoms with van der Waals surface area (Å²) >= 11 is 0. The molecular weight excluding hydrogens is 280 g/mol. The van der Waals surface area contributed by atoms with Gasteiger partial charge in [0, 0.05) is 24.3 Å². The highest BCUT2D eigenvalue weighted by Crippen LogP contribution is 2.14. The van der Waals surface area contributed by atoms with Gasteiger partial charge < -0.3 is 22.1 Å². The van der Waals surface area contributed by atoms with Gasteiger partial charge in [-0.1, -0.05) is 20.3 Å². The Morgan fingerprint density at radius 2 is 1.86 bits per heavy atom. The van der Waals surface area contributed by atoms with Crippen LogP contribution in [0.25, 0.3) is 0 Å². The molecule has 2 amide bonds. The number of hydrogen-bond donors (Lipinski definition) is 4. The summed E-state index contributed by atoms with van der Waals surface area (Å²) in [7, 11) is 0. The zero-order chi connectivity index (χ0) is 16.5. The van der Waals surface area contributed by atoms with E-state index in [2.05, 4.69) is 10.6 Å². The highest BCUT2D eigenvalue weighted by molar-refractivity contribution is 5.96. The van der Waals surface area contributed by atoms with Crippen LogP contribution in [0.3, 0.4) is 0 Å². The molecule has 0 saturated heterocycles. The van der Waals surface area contributed by atoms with Gasteiger partial charge in [-0.15, -0.1) is 0 Å². The molecule has 0 spiro atoms. The molecule has 6 heteroatoms. The monoisotopic (exact) mass is 306 g/mol. The first kappa shape index (κ1) is 18.0. The van der Waals surface area contributed by atoms with E-state index in [0.717, 1.165) is 18.4 Å². The van der Waals surface area contributed by atoms with Crippen molar-refractivity contribution in [3.63, 3.8) is 0 Å². The molecule has 6 nitrogen and oxygen atoms in total. The van der Waals surface area contributed by atoms with Crippen molar-refractivity contribution in [2.24, 2.45) is 5.73 Å². The van der Waals surface area contributed by atoms with Crippen LogP contribution in [0.4, 0.5) is 5.69 Å². The van der Waals surface area contributed by atoms with Crippen LogP contribution in [-0.2, 0) is 11.2 Å². The molecule has 0 aromatic heterocycles. The Hall–Kier alpha value is -2.08. The number of anilines is 1. The predicted molar refractivity (Wildman–Crippen MR) is 88.5 cm³/mol. The summed E-state index contributed by atoms with van der Waals surface area (Å²) in [6, 6.07) is 4.75. The fourth-order valence-corrected chi connectivity index (χ4v) is 2.16. The maximum Gasteiger partial charge on any atom is 0.251 e. The van der Waals surface area contributed by atoms with E-state index in [9.17, 15) is 9.59 Å². The number of amides is 2. The number of carbonyl (C=O) groups is 2. The normalized spacial score (nSPS) is 11.8. The van der Waals surface area contributed by atoms with Gasteiger partial charge in [-0.3, -0.25) is 9.59 Å². The first-order valence-electron chi connectivity index (χ1n) is 7.69. The molecule has 1 rings (SSSR count). The third-order valence-corrected chi connectivity index (χ3v) is 3.40. The second kappa shape index (κ2) is 9.04. The van der Waals surface area contributed by atoms with Crippen molar-refractivity contribution in [2.75, 3.05) is 18.8 Å². The summed E-state index contributed by atoms with van der Waals surface area (Å²) in [6.45, 7) is 4.67. The van der Waals surface area contributed by atoms with Crippen molar-refractivity contribution >= 4 is 17.5 Å². The second-order valence-corrected chi connectivity index (χ2v) is 5.21. The fourth-order valence-electron chi connectivity index (χ4n) is 2.16. The lowest BCUT2D eigenvalue weighted by atomic mass is 10.0. The molecule has 0 unspecified atom stereocenters. The number of hydrogen-bond acceptors (Lipinski definition) is 4. The molecular formula is C16H26N4O2. The van der Waals surface area contributed by atoms with Crippen molar-refractivity contribution in [3.05, 3.63) is 29.3 Å². The topological polar surface area (TPSA) is 110 Å². The van der Waals surface area contributed by atoms with Crippen LogP contribution in [0.15, 0.2) is 18.2 Å². The Morgan fingerprint density at radius 1 is 1.18 bits per heavy atom. The molecule has 0 aliphatic rings. The highest BCUT2D eigenvalue weighted by Gasteiger charge is 2.12. The maximum atomic E-state index is 12.1. The van der Waals surface area contributed by atoms with E-state index in [1.807, 2.05) is 13.8 Å². The SMILES string of the molecule is CCC[C@H](N)C(=O)NCCNC(=O)c1ccc(N)cc1CC. The van der Waals surface area contributed by atoms with Crippen LogP contribution in [0.2, 0.25) is 0 Å². The minimum absolute atomic E-state index is 0.163. The Balaban J connectivity index is 2.42. The minimum Gasteiger partial charge on any atom is -0.399 e. The number of aryl methyl sites for hydroxylation is 1. The van der Waals surface area contributed by atoms with E-state index >= 15 is 0 Å². The summed E-state index contributed by atoms with van der Waals surface area (Å²) in [4.78, 5) is 23.8. The Kier molecular flexibility index (Phi) is 7.39. The van der Waals surface area contributed by atoms with Gasteiger partial charge in [-0.05, 0) is 36.6 Å². The van der Waals surface area contributed by atoms with Gasteiger partial charge in [-0.2, -0.15) is 0 Å². The highest BCUT2D eigenvalue weighted by atomic mass is 16.2. The van der Waals surface area contributed by atoms with Crippen LogP contribution in [0, 0.1) is 0 Å². The molecule has 0 heterocycles. The molecule has 122 valence electrons. The molecule has 22 heavy (non-hydrogen) atoms. The Labute approximate surface area is 131 Å². The number of rotatable bonds is 8. The molecule has 0 aliphatic heterocycles. The van der Waals surface area contributed by atoms with E-state index in [4.69, 9.17) is 11.5 Å². The van der Waals surface area contributed by atoms with Gasteiger partial charge in [0.1, 0.15) is 0 Å². The van der Waals surface area contributed by atoms with Gasteiger partial charge in [0.2, 0.25) is 5.91 Å². The smallest absolute Gasteiger partial charge is 0.251 e. The molecule has 0 bridgehead atoms. The molecule has 0 fully saturated rings. The van der Waals surface area contributed by atoms with Crippen LogP contribution >= 0.6 is 0 Å². The average molecular weight is 306 g/mol. The van der Waals surface area contributed by atoms with Crippen molar-refractivity contribution < 1.29 is 9.59 Å². The zero-order valence-corrected chi connectivity index (χ0v) is 13.3. The van der Waals surface area contributed by atoms with Gasteiger partial charge in [0.05, 0.1) is 6.04 Å². The Morgan fingerprint density at radius 3 is 2.50 bits per heavy atom. The van der Waals surface area contributed by atoms with E-state index in [0.29, 0.717) is 30.8 Å². The quantitative estimate of drug-likeness (QED) is 0.420. The van der Waals surface area contributed by atoms with Gasteiger partial charge in [0.25, 0.3) is 5.91 Å². The summed E-state index contributed by atoms with van der Waals surface area (Å²) in [6.07, 6.45) is 2.25. The van der Waals surface area contributed by atoms with Gasteiger partial charge in [-0.25, -0.2) is 0 Å². The molecule has 6 N–H and O–H groups in total. The third-order valence-electron chi connectivity index (χ3n) is 3.40. The van der Waals surface area contributed by atoms with Crippen molar-refractivity contribution in [2.45, 2.75) is 39.2 Å². The predicted octanol–water partition coefficient (Wildman–Crippen LogP) is 0.805. The van der Waals surface area contributed by atoms with Crippen LogP contribution < -0.4 is 22.1 Å². The molecule has 1 atom stereocenters. The summed E-state index contributed by atoms with van der Waals surface area (Å²) < 4.78 is 0. The molecule has 1 aromatic rings. The van der Waals surface area contributed by atoms with Gasteiger partial charge >= 0.3 is 0 Å². The van der Waals surface area contributed by atoms with Crippen LogP contribution in [0.1, 0.15) is 42.6 Å². The molecule has 0 radical (unpaired) electrons.